The maximum atomic E-state index is 13.3. The Morgan fingerprint density at radius 1 is 1.10 bits per heavy atom. The quantitative estimate of drug-likeness (QED) is 0.445. The molecular formula is C23H18O7. The molecule has 0 saturated carbocycles. The van der Waals surface area contributed by atoms with Crippen LogP contribution in [0.3, 0.4) is 0 Å². The molecule has 2 unspecified atom stereocenters. The summed E-state index contributed by atoms with van der Waals surface area (Å²) < 4.78 is 5.87. The van der Waals surface area contributed by atoms with Crippen LogP contribution in [0.25, 0.3) is 11.0 Å². The van der Waals surface area contributed by atoms with Crippen molar-refractivity contribution < 1.29 is 29.3 Å². The summed E-state index contributed by atoms with van der Waals surface area (Å²) in [6.07, 6.45) is 0.279. The average Bonchev–Trinajstić information content (AvgIpc) is 2.74. The first-order chi connectivity index (χ1) is 14.3. The molecular weight excluding hydrogens is 388 g/mol. The average molecular weight is 406 g/mol. The maximum absolute atomic E-state index is 13.3. The van der Waals surface area contributed by atoms with E-state index in [0.29, 0.717) is 0 Å². The minimum atomic E-state index is -1.01. The molecule has 30 heavy (non-hydrogen) atoms. The Kier molecular flexibility index (Phi) is 4.64. The minimum absolute atomic E-state index is 0.0214. The summed E-state index contributed by atoms with van der Waals surface area (Å²) in [5.74, 6) is -2.10. The number of ketones is 2. The topological polar surface area (TPSA) is 125 Å². The van der Waals surface area contributed by atoms with E-state index < -0.39 is 35.6 Å². The Labute approximate surface area is 170 Å². The molecule has 7 heteroatoms. The molecule has 1 aromatic heterocycles. The van der Waals surface area contributed by atoms with Gasteiger partial charge in [0.2, 0.25) is 5.78 Å². The zero-order chi connectivity index (χ0) is 21.7. The minimum Gasteiger partial charge on any atom is -0.507 e. The van der Waals surface area contributed by atoms with Crippen LogP contribution in [-0.2, 0) is 6.61 Å². The lowest BCUT2D eigenvalue weighted by Crippen LogP contribution is -2.23. The second-order valence-corrected chi connectivity index (χ2v) is 7.21. The van der Waals surface area contributed by atoms with E-state index in [9.17, 15) is 29.7 Å². The third-order valence-electron chi connectivity index (χ3n) is 5.46. The van der Waals surface area contributed by atoms with Gasteiger partial charge in [-0.15, -0.1) is 6.58 Å². The van der Waals surface area contributed by atoms with Crippen LogP contribution in [0, 0.1) is 0 Å². The van der Waals surface area contributed by atoms with E-state index in [1.165, 1.54) is 36.4 Å². The highest BCUT2D eigenvalue weighted by Gasteiger charge is 2.36. The third-order valence-corrected chi connectivity index (χ3v) is 5.46. The van der Waals surface area contributed by atoms with Crippen molar-refractivity contribution in [1.29, 1.82) is 0 Å². The zero-order valence-corrected chi connectivity index (χ0v) is 16.0. The molecule has 0 spiro atoms. The lowest BCUT2D eigenvalue weighted by Gasteiger charge is -2.21. The smallest absolute Gasteiger partial charge is 0.202 e. The van der Waals surface area contributed by atoms with Crippen molar-refractivity contribution in [2.45, 2.75) is 25.6 Å². The molecule has 0 aliphatic heterocycles. The normalized spacial score (nSPS) is 14.9. The van der Waals surface area contributed by atoms with Crippen LogP contribution in [0.2, 0.25) is 0 Å². The molecule has 1 heterocycles. The molecule has 0 radical (unpaired) electrons. The van der Waals surface area contributed by atoms with Crippen LogP contribution >= 0.6 is 0 Å². The highest BCUT2D eigenvalue weighted by molar-refractivity contribution is 6.32. The zero-order valence-electron chi connectivity index (χ0n) is 16.0. The third kappa shape index (κ3) is 2.71. The van der Waals surface area contributed by atoms with Crippen LogP contribution in [0.15, 0.2) is 52.2 Å². The Hall–Kier alpha value is -3.55. The first-order valence-corrected chi connectivity index (χ1v) is 9.26. The van der Waals surface area contributed by atoms with Crippen molar-refractivity contribution in [3.8, 4) is 5.75 Å². The number of benzene rings is 2. The molecule has 0 saturated heterocycles. The van der Waals surface area contributed by atoms with Gasteiger partial charge < -0.3 is 19.7 Å². The largest absolute Gasteiger partial charge is 0.507 e. The van der Waals surface area contributed by atoms with E-state index in [1.54, 1.807) is 6.92 Å². The van der Waals surface area contributed by atoms with Crippen LogP contribution in [0.4, 0.5) is 0 Å². The molecule has 0 fully saturated rings. The summed E-state index contributed by atoms with van der Waals surface area (Å²) in [5, 5.41) is 30.0. The summed E-state index contributed by atoms with van der Waals surface area (Å²) in [5.41, 5.74) is -0.845. The molecule has 4 rings (SSSR count). The van der Waals surface area contributed by atoms with Crippen LogP contribution < -0.4 is 5.43 Å². The number of hydrogen-bond donors (Lipinski definition) is 3. The SMILES string of the molecule is C=CC(O)C(C)c1cc(=O)c2c(CO)cc3c(c2o1)C(=O)c1c(O)cccc1C3=O. The van der Waals surface area contributed by atoms with Crippen molar-refractivity contribution in [3.05, 3.63) is 86.8 Å². The molecule has 3 aromatic rings. The van der Waals surface area contributed by atoms with Gasteiger partial charge in [-0.2, -0.15) is 0 Å². The number of phenols is 1. The van der Waals surface area contributed by atoms with Crippen molar-refractivity contribution >= 4 is 22.5 Å². The first kappa shape index (κ1) is 19.8. The van der Waals surface area contributed by atoms with Crippen LogP contribution in [-0.4, -0.2) is 33.0 Å². The monoisotopic (exact) mass is 406 g/mol. The van der Waals surface area contributed by atoms with Gasteiger partial charge in [0.15, 0.2) is 11.2 Å². The van der Waals surface area contributed by atoms with E-state index in [0.717, 1.165) is 0 Å². The summed E-state index contributed by atoms with van der Waals surface area (Å²) in [7, 11) is 0. The van der Waals surface area contributed by atoms with Gasteiger partial charge >= 0.3 is 0 Å². The molecule has 2 aromatic carbocycles. The van der Waals surface area contributed by atoms with Crippen molar-refractivity contribution in [3.63, 3.8) is 0 Å². The van der Waals surface area contributed by atoms with E-state index >= 15 is 0 Å². The van der Waals surface area contributed by atoms with Crippen molar-refractivity contribution in [2.24, 2.45) is 0 Å². The first-order valence-electron chi connectivity index (χ1n) is 9.26. The number of hydrogen-bond acceptors (Lipinski definition) is 7. The maximum Gasteiger partial charge on any atom is 0.202 e. The van der Waals surface area contributed by atoms with Crippen LogP contribution in [0.5, 0.6) is 5.75 Å². The fraction of sp³-hybridized carbons (Fsp3) is 0.174. The van der Waals surface area contributed by atoms with E-state index in [4.69, 9.17) is 4.42 Å². The molecule has 152 valence electrons. The van der Waals surface area contributed by atoms with E-state index in [-0.39, 0.29) is 50.3 Å². The highest BCUT2D eigenvalue weighted by atomic mass is 16.3. The van der Waals surface area contributed by atoms with Gasteiger partial charge in [-0.05, 0) is 17.7 Å². The fourth-order valence-electron chi connectivity index (χ4n) is 3.80. The lowest BCUT2D eigenvalue weighted by molar-refractivity contribution is 0.0976. The fourth-order valence-corrected chi connectivity index (χ4v) is 3.80. The number of phenolic OH excluding ortho intramolecular Hbond substituents is 1. The van der Waals surface area contributed by atoms with E-state index in [2.05, 4.69) is 6.58 Å². The Bertz CT molecular complexity index is 1300. The predicted molar refractivity (Wildman–Crippen MR) is 108 cm³/mol. The van der Waals surface area contributed by atoms with Gasteiger partial charge in [0, 0.05) is 23.1 Å². The molecule has 1 aliphatic carbocycles. The number of rotatable bonds is 4. The number of fused-ring (bicyclic) bond motifs is 4. The van der Waals surface area contributed by atoms with Gasteiger partial charge in [0.25, 0.3) is 0 Å². The van der Waals surface area contributed by atoms with Crippen LogP contribution in [0.1, 0.15) is 56.0 Å². The van der Waals surface area contributed by atoms with Gasteiger partial charge in [-0.25, -0.2) is 0 Å². The molecule has 7 nitrogen and oxygen atoms in total. The summed E-state index contributed by atoms with van der Waals surface area (Å²) in [6.45, 7) is 4.59. The number of aromatic hydroxyl groups is 1. The number of aliphatic hydroxyl groups is 2. The highest BCUT2D eigenvalue weighted by Crippen LogP contribution is 2.37. The van der Waals surface area contributed by atoms with Crippen molar-refractivity contribution in [1.82, 2.24) is 0 Å². The summed E-state index contributed by atoms with van der Waals surface area (Å²) >= 11 is 0. The van der Waals surface area contributed by atoms with Gasteiger partial charge in [0.1, 0.15) is 17.1 Å². The second kappa shape index (κ2) is 7.05. The summed E-state index contributed by atoms with van der Waals surface area (Å²) in [4.78, 5) is 39.2. The number of aliphatic hydroxyl groups excluding tert-OH is 2. The molecule has 0 bridgehead atoms. The number of carbonyl (C=O) groups excluding carboxylic acids is 2. The molecule has 1 aliphatic rings. The van der Waals surface area contributed by atoms with Gasteiger partial charge in [-0.1, -0.05) is 25.1 Å². The van der Waals surface area contributed by atoms with Crippen molar-refractivity contribution in [2.75, 3.05) is 0 Å². The van der Waals surface area contributed by atoms with Gasteiger partial charge in [0.05, 0.1) is 29.2 Å². The summed E-state index contributed by atoms with van der Waals surface area (Å²) in [6, 6.07) is 6.67. The Balaban J connectivity index is 2.12. The Morgan fingerprint density at radius 3 is 2.50 bits per heavy atom. The number of carbonyl (C=O) groups is 2. The van der Waals surface area contributed by atoms with Gasteiger partial charge in [-0.3, -0.25) is 14.4 Å². The predicted octanol–water partition coefficient (Wildman–Crippen LogP) is 2.42. The Morgan fingerprint density at radius 2 is 1.83 bits per heavy atom. The standard InChI is InChI=1S/C23H18O7/c1-3-14(25)10(2)17-8-16(27)18-11(9-24)7-13-20(23(18)30-17)22(29)19-12(21(13)28)5-4-6-15(19)26/h3-8,10,14,24-26H,1,9H2,2H3. The molecule has 3 N–H and O–H groups in total. The second-order valence-electron chi connectivity index (χ2n) is 7.21. The molecule has 2 atom stereocenters. The lowest BCUT2D eigenvalue weighted by atomic mass is 9.81. The van der Waals surface area contributed by atoms with E-state index in [1.807, 2.05) is 0 Å². The molecule has 0 amide bonds.